The lowest BCUT2D eigenvalue weighted by Gasteiger charge is -2.00. The molecule has 4 heteroatoms. The molecule has 0 bridgehead atoms. The van der Waals surface area contributed by atoms with E-state index in [1.165, 1.54) is 5.56 Å². The number of para-hydroxylation sites is 1. The molecule has 2 heterocycles. The minimum absolute atomic E-state index is 1.05. The molecular formula is C12H12N4. The zero-order valence-corrected chi connectivity index (χ0v) is 8.67. The van der Waals surface area contributed by atoms with Crippen LogP contribution in [0.3, 0.4) is 0 Å². The minimum atomic E-state index is 1.05. The van der Waals surface area contributed by atoms with Crippen molar-refractivity contribution in [3.05, 3.63) is 54.6 Å². The second-order valence-electron chi connectivity index (χ2n) is 3.10. The molecule has 0 aliphatic carbocycles. The minimum Gasteiger partial charge on any atom is -0.351 e. The van der Waals surface area contributed by atoms with Crippen LogP contribution in [-0.4, -0.2) is 16.2 Å². The normalized spacial score (nSPS) is 11.8. The summed E-state index contributed by atoms with van der Waals surface area (Å²) in [6.07, 6.45) is 10.8. The Bertz CT molecular complexity index is 454. The molecule has 0 saturated heterocycles. The van der Waals surface area contributed by atoms with Gasteiger partial charge in [0.05, 0.1) is 12.0 Å². The summed E-state index contributed by atoms with van der Waals surface area (Å²) >= 11 is 0. The van der Waals surface area contributed by atoms with Crippen molar-refractivity contribution in [2.24, 2.45) is 5.10 Å². The van der Waals surface area contributed by atoms with Crippen molar-refractivity contribution in [3.8, 4) is 0 Å². The highest BCUT2D eigenvalue weighted by Gasteiger charge is 1.96. The van der Waals surface area contributed by atoms with Crippen LogP contribution < -0.4 is 5.43 Å². The average Bonchev–Trinajstić information content (AvgIpc) is 2.81. The fourth-order valence-corrected chi connectivity index (χ4v) is 1.26. The lowest BCUT2D eigenvalue weighted by molar-refractivity contribution is 1.31. The summed E-state index contributed by atoms with van der Waals surface area (Å²) in [6, 6.07) is 8.05. The summed E-state index contributed by atoms with van der Waals surface area (Å²) in [4.78, 5) is 6.42. The van der Waals surface area contributed by atoms with Gasteiger partial charge < -0.3 is 4.98 Å². The van der Waals surface area contributed by atoms with E-state index >= 15 is 0 Å². The van der Waals surface area contributed by atoms with E-state index in [2.05, 4.69) is 20.5 Å². The second-order valence-corrected chi connectivity index (χ2v) is 3.10. The highest BCUT2D eigenvalue weighted by molar-refractivity contribution is 5.83. The highest BCUT2D eigenvalue weighted by atomic mass is 15.3. The van der Waals surface area contributed by atoms with E-state index in [1.54, 1.807) is 24.9 Å². The van der Waals surface area contributed by atoms with Gasteiger partial charge in [0.2, 0.25) is 0 Å². The fraction of sp³-hybridized carbons (Fsp3) is 0. The number of imidazole rings is 1. The van der Waals surface area contributed by atoms with Gasteiger partial charge in [0.1, 0.15) is 0 Å². The smallest absolute Gasteiger partial charge is 0.0919 e. The van der Waals surface area contributed by atoms with Gasteiger partial charge in [-0.05, 0) is 17.7 Å². The predicted octanol–water partition coefficient (Wildman–Crippen LogP) is 2.52. The van der Waals surface area contributed by atoms with Gasteiger partial charge in [-0.25, -0.2) is 4.98 Å². The van der Waals surface area contributed by atoms with Crippen molar-refractivity contribution >= 4 is 18.0 Å². The monoisotopic (exact) mass is 212 g/mol. The molecule has 4 nitrogen and oxygen atoms in total. The van der Waals surface area contributed by atoms with Gasteiger partial charge in [0.25, 0.3) is 0 Å². The van der Waals surface area contributed by atoms with Gasteiger partial charge in [-0.15, -0.1) is 0 Å². The van der Waals surface area contributed by atoms with Crippen molar-refractivity contribution in [2.45, 2.75) is 0 Å². The van der Waals surface area contributed by atoms with Crippen LogP contribution in [0.15, 0.2) is 54.2 Å². The third kappa shape index (κ3) is 2.81. The summed E-state index contributed by atoms with van der Waals surface area (Å²) in [7, 11) is 0. The van der Waals surface area contributed by atoms with Crippen molar-refractivity contribution < 1.29 is 0 Å². The number of hydrogen-bond acceptors (Lipinski definition) is 3. The number of H-pyrrole nitrogens is 1. The molecule has 3 rings (SSSR count). The molecule has 16 heavy (non-hydrogen) atoms. The summed E-state index contributed by atoms with van der Waals surface area (Å²) in [5.74, 6) is 0. The molecule has 80 valence electrons. The first-order valence-electron chi connectivity index (χ1n) is 4.94. The average molecular weight is 212 g/mol. The zero-order valence-electron chi connectivity index (χ0n) is 8.67. The number of anilines is 1. The summed E-state index contributed by atoms with van der Waals surface area (Å²) in [6.45, 7) is 0. The van der Waals surface area contributed by atoms with Crippen molar-refractivity contribution in [3.63, 3.8) is 0 Å². The Morgan fingerprint density at radius 3 is 2.81 bits per heavy atom. The Morgan fingerprint density at radius 2 is 2.06 bits per heavy atom. The predicted molar refractivity (Wildman–Crippen MR) is 66.2 cm³/mol. The van der Waals surface area contributed by atoms with E-state index < -0.39 is 0 Å². The van der Waals surface area contributed by atoms with Gasteiger partial charge in [-0.1, -0.05) is 24.3 Å². The number of hydrogen-bond donors (Lipinski definition) is 2. The van der Waals surface area contributed by atoms with Crippen LogP contribution in [0, 0.1) is 0 Å². The molecule has 0 radical (unpaired) electrons. The first kappa shape index (κ1) is 10.2. The Hall–Kier alpha value is -2.36. The van der Waals surface area contributed by atoms with E-state index in [0.717, 1.165) is 5.69 Å². The SMILES string of the molecule is C1=Cc2ccccc2NN=C1.c1c[nH]cn1. The quantitative estimate of drug-likeness (QED) is 0.705. The number of aromatic amines is 1. The van der Waals surface area contributed by atoms with Crippen LogP contribution in [0.5, 0.6) is 0 Å². The largest absolute Gasteiger partial charge is 0.351 e. The summed E-state index contributed by atoms with van der Waals surface area (Å²) < 4.78 is 0. The molecule has 1 aromatic carbocycles. The molecule has 1 aliphatic rings. The Labute approximate surface area is 93.7 Å². The molecule has 1 aliphatic heterocycles. The topological polar surface area (TPSA) is 53.1 Å². The molecular weight excluding hydrogens is 200 g/mol. The molecule has 2 N–H and O–H groups in total. The van der Waals surface area contributed by atoms with Crippen molar-refractivity contribution in [2.75, 3.05) is 5.43 Å². The van der Waals surface area contributed by atoms with E-state index in [0.29, 0.717) is 0 Å². The van der Waals surface area contributed by atoms with Crippen LogP contribution >= 0.6 is 0 Å². The molecule has 0 saturated carbocycles. The van der Waals surface area contributed by atoms with Crippen LogP contribution in [-0.2, 0) is 0 Å². The highest BCUT2D eigenvalue weighted by Crippen LogP contribution is 2.17. The van der Waals surface area contributed by atoms with Gasteiger partial charge in [-0.3, -0.25) is 5.43 Å². The molecule has 1 aromatic heterocycles. The van der Waals surface area contributed by atoms with E-state index in [4.69, 9.17) is 0 Å². The van der Waals surface area contributed by atoms with E-state index in [-0.39, 0.29) is 0 Å². The summed E-state index contributed by atoms with van der Waals surface area (Å²) in [5, 5.41) is 3.95. The van der Waals surface area contributed by atoms with Gasteiger partial charge >= 0.3 is 0 Å². The molecule has 0 atom stereocenters. The zero-order chi connectivity index (χ0) is 11.1. The van der Waals surface area contributed by atoms with Crippen LogP contribution in [0.2, 0.25) is 0 Å². The Balaban J connectivity index is 0.000000162. The number of allylic oxidation sites excluding steroid dienone is 1. The van der Waals surface area contributed by atoms with Crippen molar-refractivity contribution in [1.82, 2.24) is 9.97 Å². The lowest BCUT2D eigenvalue weighted by atomic mass is 10.2. The number of fused-ring (bicyclic) bond motifs is 1. The Morgan fingerprint density at radius 1 is 1.12 bits per heavy atom. The number of rotatable bonds is 0. The van der Waals surface area contributed by atoms with E-state index in [1.807, 2.05) is 36.4 Å². The van der Waals surface area contributed by atoms with Crippen LogP contribution in [0.4, 0.5) is 5.69 Å². The fourth-order valence-electron chi connectivity index (χ4n) is 1.26. The van der Waals surface area contributed by atoms with Crippen molar-refractivity contribution in [1.29, 1.82) is 0 Å². The molecule has 0 spiro atoms. The Kier molecular flexibility index (Phi) is 3.50. The van der Waals surface area contributed by atoms with Gasteiger partial charge in [0.15, 0.2) is 0 Å². The molecule has 2 aromatic rings. The number of nitrogens with zero attached hydrogens (tertiary/aromatic N) is 2. The standard InChI is InChI=1S/C9H8N2.C3H4N2/c1-2-6-9-8(4-1)5-3-7-10-11-9;1-2-5-3-4-1/h1-7,11H;1-3H,(H,4,5). The molecule has 0 fully saturated rings. The van der Waals surface area contributed by atoms with Crippen LogP contribution in [0.25, 0.3) is 6.08 Å². The number of hydrazone groups is 1. The van der Waals surface area contributed by atoms with Gasteiger partial charge in [0, 0.05) is 18.6 Å². The van der Waals surface area contributed by atoms with Crippen LogP contribution in [0.1, 0.15) is 5.56 Å². The first-order valence-corrected chi connectivity index (χ1v) is 4.94. The summed E-state index contributed by atoms with van der Waals surface area (Å²) in [5.41, 5.74) is 5.16. The lowest BCUT2D eigenvalue weighted by Crippen LogP contribution is -1.87. The molecule has 0 amide bonds. The maximum atomic E-state index is 3.95. The van der Waals surface area contributed by atoms with Gasteiger partial charge in [-0.2, -0.15) is 5.10 Å². The maximum Gasteiger partial charge on any atom is 0.0919 e. The number of nitrogens with one attached hydrogen (secondary N) is 2. The maximum absolute atomic E-state index is 3.95. The number of benzene rings is 1. The third-order valence-electron chi connectivity index (χ3n) is 1.99. The van der Waals surface area contributed by atoms with E-state index in [9.17, 15) is 0 Å². The third-order valence-corrected chi connectivity index (χ3v) is 1.99. The second kappa shape index (κ2) is 5.50. The number of aromatic nitrogens is 2. The molecule has 0 unspecified atom stereocenters. The first-order chi connectivity index (χ1) is 7.97.